The Balaban J connectivity index is 1.91. The highest BCUT2D eigenvalue weighted by molar-refractivity contribution is 5.87. The Morgan fingerprint density at radius 2 is 2.16 bits per heavy atom. The molecule has 1 fully saturated rings. The highest BCUT2D eigenvalue weighted by atomic mass is 16.5. The van der Waals surface area contributed by atoms with Gasteiger partial charge < -0.3 is 10.1 Å². The van der Waals surface area contributed by atoms with Crippen molar-refractivity contribution in [3.8, 4) is 5.75 Å². The number of carbonyl (C=O) groups is 1. The number of ketones is 1. The molecule has 3 heteroatoms. The lowest BCUT2D eigenvalue weighted by atomic mass is 9.76. The number of ether oxygens (including phenoxy) is 1. The van der Waals surface area contributed by atoms with Crippen molar-refractivity contribution in [2.75, 3.05) is 13.7 Å². The molecule has 3 unspecified atom stereocenters. The van der Waals surface area contributed by atoms with Gasteiger partial charge in [-0.05, 0) is 48.4 Å². The summed E-state index contributed by atoms with van der Waals surface area (Å²) in [5.74, 6) is 2.33. The Morgan fingerprint density at radius 3 is 2.89 bits per heavy atom. The maximum absolute atomic E-state index is 12.1. The van der Waals surface area contributed by atoms with Crippen molar-refractivity contribution in [1.82, 2.24) is 5.32 Å². The van der Waals surface area contributed by atoms with Gasteiger partial charge in [-0.25, -0.2) is 0 Å². The summed E-state index contributed by atoms with van der Waals surface area (Å²) in [6.45, 7) is 2.94. The molecular formula is C16H21NO2. The van der Waals surface area contributed by atoms with Crippen LogP contribution in [0.1, 0.15) is 24.5 Å². The fourth-order valence-corrected chi connectivity index (χ4v) is 3.78. The van der Waals surface area contributed by atoms with Crippen LogP contribution in [0.15, 0.2) is 18.2 Å². The summed E-state index contributed by atoms with van der Waals surface area (Å²) < 4.78 is 5.46. The largest absolute Gasteiger partial charge is 0.496 e. The predicted molar refractivity (Wildman–Crippen MR) is 74.5 cm³/mol. The Morgan fingerprint density at radius 1 is 1.32 bits per heavy atom. The summed E-state index contributed by atoms with van der Waals surface area (Å²) in [5.41, 5.74) is 2.68. The van der Waals surface area contributed by atoms with Gasteiger partial charge >= 0.3 is 0 Å². The van der Waals surface area contributed by atoms with E-state index in [1.807, 2.05) is 6.07 Å². The molecule has 0 spiro atoms. The second kappa shape index (κ2) is 4.97. The first-order chi connectivity index (χ1) is 9.24. The number of methoxy groups -OCH3 is 1. The maximum atomic E-state index is 12.1. The van der Waals surface area contributed by atoms with Gasteiger partial charge in [0.05, 0.1) is 13.2 Å². The summed E-state index contributed by atoms with van der Waals surface area (Å²) in [5, 5.41) is 3.37. The molecule has 1 saturated carbocycles. The molecule has 3 rings (SSSR count). The average Bonchev–Trinajstić information content (AvgIpc) is 2.72. The van der Waals surface area contributed by atoms with Gasteiger partial charge in [-0.1, -0.05) is 19.1 Å². The van der Waals surface area contributed by atoms with E-state index in [0.717, 1.165) is 31.6 Å². The van der Waals surface area contributed by atoms with Crippen LogP contribution in [0.25, 0.3) is 0 Å². The average molecular weight is 259 g/mol. The Bertz CT molecular complexity index is 498. The van der Waals surface area contributed by atoms with Gasteiger partial charge in [-0.3, -0.25) is 4.79 Å². The Hall–Kier alpha value is -1.35. The molecule has 19 heavy (non-hydrogen) atoms. The second-order valence-corrected chi connectivity index (χ2v) is 5.64. The molecule has 0 aliphatic heterocycles. The first-order valence-electron chi connectivity index (χ1n) is 7.15. The number of hydrogen-bond acceptors (Lipinski definition) is 3. The number of nitrogens with one attached hydrogen (secondary N) is 1. The van der Waals surface area contributed by atoms with Crippen LogP contribution in [0.2, 0.25) is 0 Å². The van der Waals surface area contributed by atoms with Gasteiger partial charge in [0.1, 0.15) is 11.5 Å². The Labute approximate surface area is 114 Å². The quantitative estimate of drug-likeness (QED) is 0.902. The van der Waals surface area contributed by atoms with Gasteiger partial charge in [0.2, 0.25) is 0 Å². The number of fused-ring (bicyclic) bond motifs is 2. The van der Waals surface area contributed by atoms with E-state index in [9.17, 15) is 4.79 Å². The highest BCUT2D eigenvalue weighted by Crippen LogP contribution is 2.42. The van der Waals surface area contributed by atoms with Gasteiger partial charge in [-0.2, -0.15) is 0 Å². The van der Waals surface area contributed by atoms with E-state index in [2.05, 4.69) is 24.4 Å². The summed E-state index contributed by atoms with van der Waals surface area (Å²) in [6.07, 6.45) is 2.71. The topological polar surface area (TPSA) is 38.3 Å². The van der Waals surface area contributed by atoms with Gasteiger partial charge in [-0.15, -0.1) is 0 Å². The Kier molecular flexibility index (Phi) is 3.31. The fraction of sp³-hybridized carbons (Fsp3) is 0.562. The van der Waals surface area contributed by atoms with Crippen LogP contribution < -0.4 is 10.1 Å². The van der Waals surface area contributed by atoms with Crippen LogP contribution in [0, 0.1) is 11.8 Å². The molecule has 0 radical (unpaired) electrons. The summed E-state index contributed by atoms with van der Waals surface area (Å²) in [6, 6.07) is 6.32. The predicted octanol–water partition coefficient (Wildman–Crippen LogP) is 1.98. The summed E-state index contributed by atoms with van der Waals surface area (Å²) in [7, 11) is 1.73. The number of benzene rings is 1. The first kappa shape index (κ1) is 12.7. The molecule has 0 saturated heterocycles. The summed E-state index contributed by atoms with van der Waals surface area (Å²) >= 11 is 0. The highest BCUT2D eigenvalue weighted by Gasteiger charge is 2.44. The first-order valence-corrected chi connectivity index (χ1v) is 7.15. The van der Waals surface area contributed by atoms with E-state index in [0.29, 0.717) is 17.6 Å². The third kappa shape index (κ3) is 2.06. The van der Waals surface area contributed by atoms with E-state index in [4.69, 9.17) is 4.74 Å². The minimum atomic E-state index is 0.0642. The second-order valence-electron chi connectivity index (χ2n) is 5.64. The molecule has 1 aromatic rings. The van der Waals surface area contributed by atoms with Crippen LogP contribution in [0.5, 0.6) is 5.75 Å². The molecule has 0 heterocycles. The zero-order valence-electron chi connectivity index (χ0n) is 11.6. The van der Waals surface area contributed by atoms with Gasteiger partial charge in [0.15, 0.2) is 0 Å². The molecule has 0 bridgehead atoms. The third-order valence-electron chi connectivity index (χ3n) is 4.64. The third-order valence-corrected chi connectivity index (χ3v) is 4.64. The standard InChI is InChI=1S/C16H21NO2/c1-3-17-16-13-7-10-5-4-6-15(19-2)12(10)8-11(13)9-14(16)18/h4-6,11,13,16-17H,3,7-9H2,1-2H3. The van der Waals surface area contributed by atoms with Crippen LogP contribution in [-0.2, 0) is 17.6 Å². The van der Waals surface area contributed by atoms with E-state index in [1.54, 1.807) is 7.11 Å². The monoisotopic (exact) mass is 259 g/mol. The lowest BCUT2D eigenvalue weighted by molar-refractivity contribution is -0.119. The van der Waals surface area contributed by atoms with E-state index in [1.165, 1.54) is 11.1 Å². The van der Waals surface area contributed by atoms with Crippen LogP contribution >= 0.6 is 0 Å². The van der Waals surface area contributed by atoms with Gasteiger partial charge in [0, 0.05) is 6.42 Å². The molecule has 2 aliphatic rings. The molecule has 3 atom stereocenters. The fourth-order valence-electron chi connectivity index (χ4n) is 3.78. The van der Waals surface area contributed by atoms with E-state index in [-0.39, 0.29) is 6.04 Å². The molecule has 2 aliphatic carbocycles. The molecule has 3 nitrogen and oxygen atoms in total. The maximum Gasteiger partial charge on any atom is 0.150 e. The van der Waals surface area contributed by atoms with Crippen LogP contribution in [0.3, 0.4) is 0 Å². The summed E-state index contributed by atoms with van der Waals surface area (Å²) in [4.78, 5) is 12.1. The molecule has 0 aromatic heterocycles. The zero-order chi connectivity index (χ0) is 13.4. The smallest absolute Gasteiger partial charge is 0.150 e. The zero-order valence-corrected chi connectivity index (χ0v) is 11.6. The lowest BCUT2D eigenvalue weighted by Gasteiger charge is -2.31. The van der Waals surface area contributed by atoms with Crippen molar-refractivity contribution < 1.29 is 9.53 Å². The van der Waals surface area contributed by atoms with Crippen molar-refractivity contribution in [3.05, 3.63) is 29.3 Å². The van der Waals surface area contributed by atoms with Gasteiger partial charge in [0.25, 0.3) is 0 Å². The van der Waals surface area contributed by atoms with Crippen LogP contribution in [-0.4, -0.2) is 25.5 Å². The normalized spacial score (nSPS) is 28.9. The number of Topliss-reactive ketones (excluding diaryl/α,β-unsaturated/α-hetero) is 1. The number of carbonyl (C=O) groups excluding carboxylic acids is 1. The van der Waals surface area contributed by atoms with Crippen molar-refractivity contribution >= 4 is 5.78 Å². The SMILES string of the molecule is CCNC1C(=O)CC2Cc3c(cccc3OC)CC21. The molecule has 102 valence electrons. The minimum Gasteiger partial charge on any atom is -0.496 e. The van der Waals surface area contributed by atoms with Crippen molar-refractivity contribution in [2.24, 2.45) is 11.8 Å². The van der Waals surface area contributed by atoms with Crippen molar-refractivity contribution in [3.63, 3.8) is 0 Å². The minimum absolute atomic E-state index is 0.0642. The van der Waals surface area contributed by atoms with Crippen LogP contribution in [0.4, 0.5) is 0 Å². The molecule has 0 amide bonds. The molecule has 1 N–H and O–H groups in total. The number of rotatable bonds is 3. The number of likely N-dealkylation sites (N-methyl/N-ethyl adjacent to an activating group) is 1. The lowest BCUT2D eigenvalue weighted by Crippen LogP contribution is -2.41. The molecule has 1 aromatic carbocycles. The van der Waals surface area contributed by atoms with Crippen molar-refractivity contribution in [1.29, 1.82) is 0 Å². The molecular weight excluding hydrogens is 238 g/mol. The van der Waals surface area contributed by atoms with E-state index >= 15 is 0 Å². The number of hydrogen-bond donors (Lipinski definition) is 1. The van der Waals surface area contributed by atoms with E-state index < -0.39 is 0 Å². The van der Waals surface area contributed by atoms with Crippen molar-refractivity contribution in [2.45, 2.75) is 32.2 Å².